The molecular weight excluding hydrogens is 622 g/mol. The van der Waals surface area contributed by atoms with Crippen molar-refractivity contribution >= 4 is 56.5 Å². The Labute approximate surface area is 236 Å². The molecule has 0 aliphatic carbocycles. The Morgan fingerprint density at radius 2 is 1.82 bits per heavy atom. The van der Waals surface area contributed by atoms with Crippen molar-refractivity contribution in [1.82, 2.24) is 19.4 Å². The first kappa shape index (κ1) is 28.3. The zero-order chi connectivity index (χ0) is 29.4. The molecule has 1 saturated heterocycles. The Morgan fingerprint density at radius 1 is 1.15 bits per heavy atom. The summed E-state index contributed by atoms with van der Waals surface area (Å²) in [5.41, 5.74) is 2.40. The molecule has 2 atom stereocenters. The second kappa shape index (κ2) is 9.70. The van der Waals surface area contributed by atoms with Crippen LogP contribution in [-0.2, 0) is 4.79 Å². The van der Waals surface area contributed by atoms with E-state index in [0.717, 1.165) is 10.5 Å². The maximum atomic E-state index is 15.8. The number of piperazine rings is 1. The fourth-order valence-corrected chi connectivity index (χ4v) is 9.40. The Morgan fingerprint density at radius 3 is 2.42 bits per heavy atom. The number of carbonyl (C=O) groups is 2. The van der Waals surface area contributed by atoms with E-state index >= 15 is 4.39 Å². The summed E-state index contributed by atoms with van der Waals surface area (Å²) in [5.74, 6) is -0.888. The maximum absolute atomic E-state index is 15.8. The van der Waals surface area contributed by atoms with Crippen molar-refractivity contribution in [2.75, 3.05) is 29.9 Å². The summed E-state index contributed by atoms with van der Waals surface area (Å²) in [6.07, 6.45) is 0.333. The summed E-state index contributed by atoms with van der Waals surface area (Å²) in [5, 5.41) is 12.2. The molecule has 212 valence electrons. The molecule has 5 rings (SSSR count). The molecule has 0 aromatic carbocycles. The third kappa shape index (κ3) is 4.24. The minimum atomic E-state index is -3.12. The molecule has 12 heteroatoms. The quantitative estimate of drug-likeness (QED) is 0.397. The van der Waals surface area contributed by atoms with Crippen molar-refractivity contribution in [3.63, 3.8) is 0 Å². The molecule has 0 spiro atoms. The van der Waals surface area contributed by atoms with Gasteiger partial charge in [0.25, 0.3) is 0 Å². The number of hydrogen-bond acceptors (Lipinski definition) is 7. The Bertz CT molecular complexity index is 1630. The van der Waals surface area contributed by atoms with Gasteiger partial charge >= 0.3 is 237 Å². The van der Waals surface area contributed by atoms with Crippen LogP contribution in [0.4, 0.5) is 20.6 Å². The van der Waals surface area contributed by atoms with Gasteiger partial charge in [-0.3, -0.25) is 0 Å². The first-order chi connectivity index (χ1) is 18.6. The fourth-order valence-electron chi connectivity index (χ4n) is 5.89. The van der Waals surface area contributed by atoms with Crippen molar-refractivity contribution in [2.45, 2.75) is 60.5 Å². The van der Waals surface area contributed by atoms with E-state index in [0.29, 0.717) is 31.8 Å². The molecule has 1 fully saturated rings. The molecule has 2 amide bonds. The van der Waals surface area contributed by atoms with Gasteiger partial charge in [-0.05, 0) is 0 Å². The van der Waals surface area contributed by atoms with Crippen LogP contribution in [0.15, 0.2) is 23.1 Å². The number of aromatic nitrogens is 3. The van der Waals surface area contributed by atoms with Gasteiger partial charge in [0.2, 0.25) is 0 Å². The summed E-state index contributed by atoms with van der Waals surface area (Å²) in [4.78, 5) is 59.8. The van der Waals surface area contributed by atoms with E-state index in [1.165, 1.54) is 22.6 Å². The SMILES string of the molecule is Cc1ccnc(C(C)C)c1-n1c(=O)c2c(c3cc(F)[c]([Sn]([CH3])([CH3])[CH3])nc31)N1C[C@@H](C)N(C(=O)[O-])C[C@@H]1C(=O)N2C. The number of nitrogens with zero attached hydrogens (tertiary/aromatic N) is 6. The van der Waals surface area contributed by atoms with Gasteiger partial charge in [0.1, 0.15) is 0 Å². The first-order valence-electron chi connectivity index (χ1n) is 13.4. The number of carbonyl (C=O) groups excluding carboxylic acids is 2. The number of anilines is 2. The normalized spacial score (nSPS) is 19.4. The van der Waals surface area contributed by atoms with Crippen LogP contribution in [-0.4, -0.2) is 82.0 Å². The fraction of sp³-hybridized carbons (Fsp3) is 0.464. The van der Waals surface area contributed by atoms with Gasteiger partial charge in [0.15, 0.2) is 0 Å². The van der Waals surface area contributed by atoms with Crippen LogP contribution >= 0.6 is 0 Å². The summed E-state index contributed by atoms with van der Waals surface area (Å²) in [7, 11) is 1.50. The van der Waals surface area contributed by atoms with Crippen LogP contribution in [0.5, 0.6) is 0 Å². The zero-order valence-electron chi connectivity index (χ0n) is 24.1. The van der Waals surface area contributed by atoms with E-state index in [1.807, 2.05) is 26.8 Å². The van der Waals surface area contributed by atoms with E-state index in [1.54, 1.807) is 18.0 Å². The summed E-state index contributed by atoms with van der Waals surface area (Å²) < 4.78 is 17.8. The molecule has 0 radical (unpaired) electrons. The number of pyridine rings is 3. The van der Waals surface area contributed by atoms with Crippen molar-refractivity contribution < 1.29 is 19.1 Å². The molecule has 3 aromatic heterocycles. The van der Waals surface area contributed by atoms with E-state index in [2.05, 4.69) is 19.8 Å². The van der Waals surface area contributed by atoms with Crippen LogP contribution in [0.1, 0.15) is 37.9 Å². The zero-order valence-corrected chi connectivity index (χ0v) is 26.9. The topological polar surface area (TPSA) is 115 Å². The number of hydrogen-bond donors (Lipinski definition) is 0. The number of rotatable bonds is 3. The average Bonchev–Trinajstić information content (AvgIpc) is 2.85. The molecule has 5 heterocycles. The van der Waals surface area contributed by atoms with Crippen LogP contribution < -0.4 is 24.2 Å². The van der Waals surface area contributed by atoms with Crippen LogP contribution in [0.2, 0.25) is 14.8 Å². The van der Waals surface area contributed by atoms with E-state index in [-0.39, 0.29) is 24.7 Å². The Balaban J connectivity index is 1.95. The van der Waals surface area contributed by atoms with Gasteiger partial charge in [-0.1, -0.05) is 0 Å². The summed E-state index contributed by atoms with van der Waals surface area (Å²) >= 11 is -3.12. The molecule has 0 unspecified atom stereocenters. The molecule has 40 heavy (non-hydrogen) atoms. The molecule has 0 bridgehead atoms. The number of halogens is 1. The number of likely N-dealkylation sites (N-methyl/N-ethyl adjacent to an activating group) is 1. The second-order valence-corrected chi connectivity index (χ2v) is 26.3. The van der Waals surface area contributed by atoms with Gasteiger partial charge in [-0.2, -0.15) is 0 Å². The van der Waals surface area contributed by atoms with Crippen molar-refractivity contribution in [3.05, 3.63) is 45.8 Å². The van der Waals surface area contributed by atoms with Gasteiger partial charge in [0.05, 0.1) is 0 Å². The average molecular weight is 656 g/mol. The Kier molecular flexibility index (Phi) is 6.87. The molecule has 10 nitrogen and oxygen atoms in total. The Hall–Kier alpha value is -3.22. The predicted molar refractivity (Wildman–Crippen MR) is 153 cm³/mol. The van der Waals surface area contributed by atoms with Crippen LogP contribution in [0.3, 0.4) is 0 Å². The summed E-state index contributed by atoms with van der Waals surface area (Å²) in [6.45, 7) is 7.59. The molecule has 3 aromatic rings. The predicted octanol–water partition coefficient (Wildman–Crippen LogP) is 2.10. The molecule has 0 N–H and O–H groups in total. The van der Waals surface area contributed by atoms with E-state index < -0.39 is 53.8 Å². The van der Waals surface area contributed by atoms with Gasteiger partial charge in [0, 0.05) is 0 Å². The van der Waals surface area contributed by atoms with E-state index in [9.17, 15) is 19.5 Å². The monoisotopic (exact) mass is 657 g/mol. The van der Waals surface area contributed by atoms with Gasteiger partial charge < -0.3 is 0 Å². The van der Waals surface area contributed by atoms with Crippen LogP contribution in [0.25, 0.3) is 16.7 Å². The van der Waals surface area contributed by atoms with Crippen molar-refractivity contribution in [3.8, 4) is 5.69 Å². The van der Waals surface area contributed by atoms with E-state index in [4.69, 9.17) is 4.98 Å². The summed E-state index contributed by atoms with van der Waals surface area (Å²) in [6, 6.07) is 1.85. The molecule has 2 aliphatic heterocycles. The third-order valence-corrected chi connectivity index (χ3v) is 13.0. The number of amides is 2. The molecule has 0 saturated carbocycles. The van der Waals surface area contributed by atoms with Gasteiger partial charge in [-0.25, -0.2) is 0 Å². The van der Waals surface area contributed by atoms with Crippen molar-refractivity contribution in [1.29, 1.82) is 0 Å². The van der Waals surface area contributed by atoms with Crippen LogP contribution in [0, 0.1) is 12.7 Å². The van der Waals surface area contributed by atoms with Crippen molar-refractivity contribution in [2.24, 2.45) is 0 Å². The molecular formula is C28H34FN6O4Sn-. The van der Waals surface area contributed by atoms with Gasteiger partial charge in [-0.15, -0.1) is 0 Å². The standard InChI is InChI=1S/C25H26FN6O4.3CH3.Sn/c1-12(2)18-19(13(3)6-7-27-18)32-22-16(8-15(26)9-28-22)20-21(24(32)34)29(5)23(33)17-11-30(25(35)36)14(4)10-31(17)20;;;;/h6-8,12,14,17H,10-11H2,1-5H3,(H,35,36);3*1H3;/p-1/t14-,17-;;;;/m1..../s1. The second-order valence-electron chi connectivity index (χ2n) is 12.1. The molecule has 2 aliphatic rings. The minimum absolute atomic E-state index is 0.0307. The first-order valence-corrected chi connectivity index (χ1v) is 23.4. The number of carboxylic acid groups (broad SMARTS) is 1. The number of aryl methyl sites for hydroxylation is 1. The number of fused-ring (bicyclic) bond motifs is 5. The third-order valence-electron chi connectivity index (χ3n) is 7.90.